The first-order valence-corrected chi connectivity index (χ1v) is 10.2. The summed E-state index contributed by atoms with van der Waals surface area (Å²) in [7, 11) is 0. The third-order valence-corrected chi connectivity index (χ3v) is 5.33. The second-order valence-corrected chi connectivity index (χ2v) is 7.78. The summed E-state index contributed by atoms with van der Waals surface area (Å²) in [4.78, 5) is 39.5. The molecule has 2 aromatic carbocycles. The lowest BCUT2D eigenvalue weighted by molar-refractivity contribution is -0.123. The minimum Gasteiger partial charge on any atom is -0.303 e. The SMILES string of the molecule is CCc1[nH]n(-c2cccc(Cl)c2)c(=O)c1/C=C1\NC(=O)N(Cc2cccc(C)c2)C1=O. The number of hydrogen-bond acceptors (Lipinski definition) is 3. The van der Waals surface area contributed by atoms with Crippen LogP contribution >= 0.6 is 11.6 Å². The Labute approximate surface area is 183 Å². The first-order chi connectivity index (χ1) is 14.9. The minimum atomic E-state index is -0.512. The van der Waals surface area contributed by atoms with Crippen LogP contribution in [0.5, 0.6) is 0 Å². The summed E-state index contributed by atoms with van der Waals surface area (Å²) in [6.07, 6.45) is 1.98. The van der Waals surface area contributed by atoms with Crippen molar-refractivity contribution >= 4 is 29.6 Å². The van der Waals surface area contributed by atoms with E-state index in [1.54, 1.807) is 24.3 Å². The fourth-order valence-electron chi connectivity index (χ4n) is 3.56. The predicted octanol–water partition coefficient (Wildman–Crippen LogP) is 3.78. The van der Waals surface area contributed by atoms with Crippen molar-refractivity contribution in [3.8, 4) is 5.69 Å². The van der Waals surface area contributed by atoms with Gasteiger partial charge in [0.25, 0.3) is 11.5 Å². The van der Waals surface area contributed by atoms with Gasteiger partial charge in [0.15, 0.2) is 0 Å². The third-order valence-electron chi connectivity index (χ3n) is 5.10. The van der Waals surface area contributed by atoms with Crippen molar-refractivity contribution in [3.05, 3.63) is 92.0 Å². The lowest BCUT2D eigenvalue weighted by Gasteiger charge is -2.12. The molecule has 0 radical (unpaired) electrons. The zero-order chi connectivity index (χ0) is 22.1. The highest BCUT2D eigenvalue weighted by Crippen LogP contribution is 2.19. The first-order valence-electron chi connectivity index (χ1n) is 9.87. The van der Waals surface area contributed by atoms with Gasteiger partial charge in [0.2, 0.25) is 0 Å². The van der Waals surface area contributed by atoms with Crippen LogP contribution < -0.4 is 10.9 Å². The molecule has 2 heterocycles. The van der Waals surface area contributed by atoms with Gasteiger partial charge in [0.05, 0.1) is 17.8 Å². The van der Waals surface area contributed by atoms with Gasteiger partial charge in [-0.25, -0.2) is 9.48 Å². The van der Waals surface area contributed by atoms with Crippen LogP contribution in [-0.2, 0) is 17.8 Å². The Hall–Kier alpha value is -3.58. The maximum absolute atomic E-state index is 13.1. The molecular formula is C23H21ClN4O3. The van der Waals surface area contributed by atoms with E-state index in [0.29, 0.717) is 28.4 Å². The van der Waals surface area contributed by atoms with Crippen LogP contribution in [0, 0.1) is 6.92 Å². The highest BCUT2D eigenvalue weighted by Gasteiger charge is 2.34. The first kappa shape index (κ1) is 20.7. The van der Waals surface area contributed by atoms with Crippen molar-refractivity contribution in [1.29, 1.82) is 0 Å². The molecule has 2 N–H and O–H groups in total. The number of rotatable bonds is 5. The molecule has 0 saturated carbocycles. The lowest BCUT2D eigenvalue weighted by Crippen LogP contribution is -2.30. The van der Waals surface area contributed by atoms with Crippen molar-refractivity contribution in [2.75, 3.05) is 0 Å². The van der Waals surface area contributed by atoms with Crippen LogP contribution in [0.1, 0.15) is 29.3 Å². The fraction of sp³-hybridized carbons (Fsp3) is 0.174. The maximum Gasteiger partial charge on any atom is 0.329 e. The number of nitrogens with zero attached hydrogens (tertiary/aromatic N) is 2. The van der Waals surface area contributed by atoms with Crippen LogP contribution in [-0.4, -0.2) is 26.6 Å². The van der Waals surface area contributed by atoms with Crippen molar-refractivity contribution in [2.45, 2.75) is 26.8 Å². The minimum absolute atomic E-state index is 0.0710. The molecule has 0 bridgehead atoms. The average molecular weight is 437 g/mol. The fourth-order valence-corrected chi connectivity index (χ4v) is 3.75. The number of urea groups is 1. The van der Waals surface area contributed by atoms with Crippen LogP contribution in [0.4, 0.5) is 4.79 Å². The number of hydrogen-bond donors (Lipinski definition) is 2. The van der Waals surface area contributed by atoms with Crippen LogP contribution in [0.3, 0.4) is 0 Å². The molecule has 4 rings (SSSR count). The number of halogens is 1. The smallest absolute Gasteiger partial charge is 0.303 e. The molecule has 0 atom stereocenters. The topological polar surface area (TPSA) is 87.2 Å². The molecule has 158 valence electrons. The van der Waals surface area contributed by atoms with Crippen LogP contribution in [0.25, 0.3) is 11.8 Å². The van der Waals surface area contributed by atoms with E-state index in [1.165, 1.54) is 10.8 Å². The van der Waals surface area contributed by atoms with Gasteiger partial charge in [-0.3, -0.25) is 19.6 Å². The molecule has 3 aromatic rings. The Kier molecular flexibility index (Phi) is 5.52. The van der Waals surface area contributed by atoms with E-state index in [9.17, 15) is 14.4 Å². The predicted molar refractivity (Wildman–Crippen MR) is 119 cm³/mol. The lowest BCUT2D eigenvalue weighted by atomic mass is 10.1. The maximum atomic E-state index is 13.1. The van der Waals surface area contributed by atoms with E-state index in [-0.39, 0.29) is 17.8 Å². The molecule has 31 heavy (non-hydrogen) atoms. The van der Waals surface area contributed by atoms with Gasteiger partial charge in [-0.05, 0) is 43.2 Å². The van der Waals surface area contributed by atoms with E-state index in [1.807, 2.05) is 38.1 Å². The Morgan fingerprint density at radius 1 is 1.06 bits per heavy atom. The standard InChI is InChI=1S/C23H21ClN4O3/c1-3-19-18(21(29)28(26-19)17-9-5-8-16(24)11-17)12-20-22(30)27(23(31)25-20)13-15-7-4-6-14(2)10-15/h4-12,26H,3,13H2,1-2H3,(H,25,31)/b20-12-. The van der Waals surface area contributed by atoms with Crippen LogP contribution in [0.2, 0.25) is 5.02 Å². The normalized spacial score (nSPS) is 15.1. The Morgan fingerprint density at radius 3 is 2.55 bits per heavy atom. The molecule has 0 aliphatic carbocycles. The van der Waals surface area contributed by atoms with E-state index >= 15 is 0 Å². The molecule has 1 aromatic heterocycles. The Morgan fingerprint density at radius 2 is 1.84 bits per heavy atom. The summed E-state index contributed by atoms with van der Waals surface area (Å²) < 4.78 is 1.38. The summed E-state index contributed by atoms with van der Waals surface area (Å²) in [5, 5.41) is 6.15. The molecular weight excluding hydrogens is 416 g/mol. The molecule has 8 heteroatoms. The Bertz CT molecular complexity index is 1270. The highest BCUT2D eigenvalue weighted by atomic mass is 35.5. The number of aromatic amines is 1. The van der Waals surface area contributed by atoms with Crippen molar-refractivity contribution in [3.63, 3.8) is 0 Å². The number of carbonyl (C=O) groups excluding carboxylic acids is 2. The number of aryl methyl sites for hydroxylation is 2. The van der Waals surface area contributed by atoms with E-state index in [2.05, 4.69) is 10.4 Å². The number of benzene rings is 2. The second kappa shape index (κ2) is 8.28. The van der Waals surface area contributed by atoms with Crippen molar-refractivity contribution in [2.24, 2.45) is 0 Å². The number of nitrogens with one attached hydrogen (secondary N) is 2. The summed E-state index contributed by atoms with van der Waals surface area (Å²) in [6.45, 7) is 4.00. The van der Waals surface area contributed by atoms with Gasteiger partial charge in [-0.2, -0.15) is 0 Å². The van der Waals surface area contributed by atoms with Gasteiger partial charge in [-0.15, -0.1) is 0 Å². The van der Waals surface area contributed by atoms with Gasteiger partial charge < -0.3 is 5.32 Å². The monoisotopic (exact) mass is 436 g/mol. The molecule has 1 aliphatic heterocycles. The number of amides is 3. The van der Waals surface area contributed by atoms with Gasteiger partial charge in [0.1, 0.15) is 5.70 Å². The largest absolute Gasteiger partial charge is 0.329 e. The zero-order valence-electron chi connectivity index (χ0n) is 17.1. The third kappa shape index (κ3) is 4.04. The molecule has 1 fully saturated rings. The molecule has 0 unspecified atom stereocenters. The summed E-state index contributed by atoms with van der Waals surface area (Å²) in [5.74, 6) is -0.469. The van der Waals surface area contributed by atoms with E-state index < -0.39 is 11.9 Å². The number of imide groups is 1. The van der Waals surface area contributed by atoms with E-state index in [4.69, 9.17) is 11.6 Å². The summed E-state index contributed by atoms with van der Waals surface area (Å²) in [5.41, 5.74) is 3.19. The number of aromatic nitrogens is 2. The quantitative estimate of drug-likeness (QED) is 0.471. The van der Waals surface area contributed by atoms with Crippen molar-refractivity contribution < 1.29 is 9.59 Å². The molecule has 7 nitrogen and oxygen atoms in total. The number of carbonyl (C=O) groups is 2. The molecule has 0 spiro atoms. The zero-order valence-corrected chi connectivity index (χ0v) is 17.9. The van der Waals surface area contributed by atoms with Crippen molar-refractivity contribution in [1.82, 2.24) is 20.0 Å². The Balaban J connectivity index is 1.68. The van der Waals surface area contributed by atoms with E-state index in [0.717, 1.165) is 16.0 Å². The van der Waals surface area contributed by atoms with Gasteiger partial charge in [-0.1, -0.05) is 54.4 Å². The summed E-state index contributed by atoms with van der Waals surface area (Å²) >= 11 is 6.05. The second-order valence-electron chi connectivity index (χ2n) is 7.35. The number of H-pyrrole nitrogens is 1. The highest BCUT2D eigenvalue weighted by molar-refractivity contribution is 6.30. The molecule has 3 amide bonds. The summed E-state index contributed by atoms with van der Waals surface area (Å²) in [6, 6.07) is 14.0. The molecule has 1 aliphatic rings. The van der Waals surface area contributed by atoms with Crippen LogP contribution in [0.15, 0.2) is 59.0 Å². The molecule has 1 saturated heterocycles. The average Bonchev–Trinajstić information content (AvgIpc) is 3.19. The van der Waals surface area contributed by atoms with Gasteiger partial charge in [0, 0.05) is 10.7 Å². The van der Waals surface area contributed by atoms with Gasteiger partial charge >= 0.3 is 6.03 Å².